The minimum absolute atomic E-state index is 0. The number of carbonyl (C=O) groups excluding carboxylic acids is 1. The van der Waals surface area contributed by atoms with E-state index in [2.05, 4.69) is 54.8 Å². The van der Waals surface area contributed by atoms with Gasteiger partial charge in [-0.1, -0.05) is 44.2 Å². The zero-order valence-electron chi connectivity index (χ0n) is 13.4. The lowest BCUT2D eigenvalue weighted by atomic mass is 9.86. The Hall–Kier alpha value is -0.710. The van der Waals surface area contributed by atoms with Crippen LogP contribution in [0.1, 0.15) is 32.3 Å². The molecule has 1 aromatic carbocycles. The Morgan fingerprint density at radius 2 is 2.09 bits per heavy atom. The van der Waals surface area contributed by atoms with Crippen LogP contribution < -0.4 is 10.6 Å². The van der Waals surface area contributed by atoms with Gasteiger partial charge in [0.05, 0.1) is 6.04 Å². The third-order valence-electron chi connectivity index (χ3n) is 3.94. The summed E-state index contributed by atoms with van der Waals surface area (Å²) in [6, 6.07) is 10.6. The zero-order valence-corrected chi connectivity index (χ0v) is 15.1. The highest BCUT2D eigenvalue weighted by atomic mass is 35.5. The predicted molar refractivity (Wildman–Crippen MR) is 97.7 cm³/mol. The molecule has 3 nitrogen and oxygen atoms in total. The molecule has 0 aliphatic carbocycles. The normalized spacial score (nSPS) is 17.8. The average Bonchev–Trinajstić information content (AvgIpc) is 3.00. The fourth-order valence-corrected chi connectivity index (χ4v) is 3.46. The minimum atomic E-state index is -0.00452. The van der Waals surface area contributed by atoms with E-state index in [1.165, 1.54) is 5.56 Å². The molecule has 1 unspecified atom stereocenters. The number of hydrogen-bond acceptors (Lipinski definition) is 3. The van der Waals surface area contributed by atoms with Crippen LogP contribution in [-0.4, -0.2) is 30.1 Å². The van der Waals surface area contributed by atoms with E-state index in [9.17, 15) is 4.79 Å². The van der Waals surface area contributed by atoms with Crippen LogP contribution in [0.3, 0.4) is 0 Å². The molecule has 5 heteroatoms. The lowest BCUT2D eigenvalue weighted by molar-refractivity contribution is -0.122. The second kappa shape index (κ2) is 9.43. The fraction of sp³-hybridized carbons (Fsp3) is 0.588. The van der Waals surface area contributed by atoms with Crippen LogP contribution in [0.15, 0.2) is 30.3 Å². The quantitative estimate of drug-likeness (QED) is 0.799. The first-order valence-electron chi connectivity index (χ1n) is 7.70. The highest BCUT2D eigenvalue weighted by molar-refractivity contribution is 7.99. The van der Waals surface area contributed by atoms with Crippen molar-refractivity contribution in [1.82, 2.24) is 10.6 Å². The molecule has 1 aliphatic rings. The first kappa shape index (κ1) is 19.3. The molecule has 1 aromatic rings. The summed E-state index contributed by atoms with van der Waals surface area (Å²) in [6.45, 7) is 5.22. The molecular weight excluding hydrogens is 316 g/mol. The van der Waals surface area contributed by atoms with E-state index in [-0.39, 0.29) is 29.8 Å². The third kappa shape index (κ3) is 6.59. The second-order valence-electron chi connectivity index (χ2n) is 6.49. The summed E-state index contributed by atoms with van der Waals surface area (Å²) in [6.07, 6.45) is 3.39. The highest BCUT2D eigenvalue weighted by Gasteiger charge is 2.24. The van der Waals surface area contributed by atoms with E-state index in [1.54, 1.807) is 11.8 Å². The molecule has 1 heterocycles. The first-order chi connectivity index (χ1) is 10.1. The van der Waals surface area contributed by atoms with Crippen molar-refractivity contribution in [3.8, 4) is 0 Å². The van der Waals surface area contributed by atoms with Gasteiger partial charge in [-0.2, -0.15) is 0 Å². The van der Waals surface area contributed by atoms with Gasteiger partial charge in [0.25, 0.3) is 0 Å². The molecular formula is C17H27ClN2OS. The van der Waals surface area contributed by atoms with Crippen molar-refractivity contribution < 1.29 is 4.79 Å². The summed E-state index contributed by atoms with van der Waals surface area (Å²) in [5.41, 5.74) is 1.54. The van der Waals surface area contributed by atoms with Crippen molar-refractivity contribution in [1.29, 1.82) is 0 Å². The van der Waals surface area contributed by atoms with Crippen LogP contribution in [0.5, 0.6) is 0 Å². The fourth-order valence-electron chi connectivity index (χ4n) is 2.52. The maximum absolute atomic E-state index is 12.0. The number of rotatable bonds is 7. The van der Waals surface area contributed by atoms with Gasteiger partial charge in [-0.15, -0.1) is 24.2 Å². The summed E-state index contributed by atoms with van der Waals surface area (Å²) >= 11 is 1.78. The zero-order chi connectivity index (χ0) is 15.1. The van der Waals surface area contributed by atoms with Gasteiger partial charge in [0.1, 0.15) is 0 Å². The summed E-state index contributed by atoms with van der Waals surface area (Å²) in [7, 11) is 0. The Bertz CT molecular complexity index is 447. The summed E-state index contributed by atoms with van der Waals surface area (Å²) in [5.74, 6) is 1.93. The summed E-state index contributed by atoms with van der Waals surface area (Å²) < 4.78 is 0. The predicted octanol–water partition coefficient (Wildman–Crippen LogP) is 3.24. The molecule has 1 saturated heterocycles. The van der Waals surface area contributed by atoms with Crippen molar-refractivity contribution >= 4 is 30.1 Å². The molecule has 0 radical (unpaired) electrons. The average molecular weight is 343 g/mol. The lowest BCUT2D eigenvalue weighted by Crippen LogP contribution is -2.45. The number of aryl methyl sites for hydroxylation is 1. The number of nitrogens with one attached hydrogen (secondary N) is 2. The first-order valence-corrected chi connectivity index (χ1v) is 8.85. The van der Waals surface area contributed by atoms with Crippen LogP contribution in [0.4, 0.5) is 0 Å². The molecule has 1 atom stereocenters. The van der Waals surface area contributed by atoms with Crippen molar-refractivity contribution in [2.24, 2.45) is 5.41 Å². The summed E-state index contributed by atoms with van der Waals surface area (Å²) in [5, 5.41) is 6.31. The van der Waals surface area contributed by atoms with Crippen LogP contribution in [0.25, 0.3) is 0 Å². The molecule has 22 heavy (non-hydrogen) atoms. The topological polar surface area (TPSA) is 41.1 Å². The molecule has 2 N–H and O–H groups in total. The van der Waals surface area contributed by atoms with Crippen LogP contribution >= 0.6 is 24.2 Å². The van der Waals surface area contributed by atoms with Gasteiger partial charge in [0, 0.05) is 18.2 Å². The van der Waals surface area contributed by atoms with Gasteiger partial charge in [-0.3, -0.25) is 10.1 Å². The molecule has 1 amide bonds. The van der Waals surface area contributed by atoms with E-state index >= 15 is 0 Å². The van der Waals surface area contributed by atoms with Crippen molar-refractivity contribution in [3.63, 3.8) is 0 Å². The molecule has 124 valence electrons. The molecule has 0 spiro atoms. The lowest BCUT2D eigenvalue weighted by Gasteiger charge is -2.25. The molecule has 0 bridgehead atoms. The number of amides is 1. The van der Waals surface area contributed by atoms with Gasteiger partial charge >= 0.3 is 0 Å². The Balaban J connectivity index is 0.00000242. The van der Waals surface area contributed by atoms with Gasteiger partial charge < -0.3 is 5.32 Å². The standard InChI is InChI=1S/C17H26N2OS.ClH/c1-17(2,10-6-9-14-7-4-3-5-8-14)12-18-16(20)15-11-21-13-19-15;/h3-5,7-8,15,19H,6,9-13H2,1-2H3,(H,18,20);1H. The number of thioether (sulfide) groups is 1. The second-order valence-corrected chi connectivity index (χ2v) is 7.52. The van der Waals surface area contributed by atoms with Crippen LogP contribution in [0, 0.1) is 5.41 Å². The van der Waals surface area contributed by atoms with E-state index in [4.69, 9.17) is 0 Å². The monoisotopic (exact) mass is 342 g/mol. The van der Waals surface area contributed by atoms with Gasteiger partial charge in [-0.25, -0.2) is 0 Å². The van der Waals surface area contributed by atoms with Crippen LogP contribution in [0.2, 0.25) is 0 Å². The van der Waals surface area contributed by atoms with Crippen LogP contribution in [-0.2, 0) is 11.2 Å². The van der Waals surface area contributed by atoms with E-state index in [0.717, 1.165) is 37.4 Å². The van der Waals surface area contributed by atoms with Crippen molar-refractivity contribution in [2.75, 3.05) is 18.2 Å². The third-order valence-corrected chi connectivity index (χ3v) is 4.88. The molecule has 1 aliphatic heterocycles. The van der Waals surface area contributed by atoms with Gasteiger partial charge in [0.15, 0.2) is 0 Å². The Kier molecular flexibility index (Phi) is 8.29. The largest absolute Gasteiger partial charge is 0.354 e. The smallest absolute Gasteiger partial charge is 0.238 e. The number of hydrogen-bond donors (Lipinski definition) is 2. The maximum atomic E-state index is 12.0. The SMILES string of the molecule is CC(C)(CCCc1ccccc1)CNC(=O)C1CSCN1.Cl. The molecule has 0 aromatic heterocycles. The Morgan fingerprint density at radius 3 is 2.73 bits per heavy atom. The molecule has 0 saturated carbocycles. The molecule has 1 fully saturated rings. The number of carbonyl (C=O) groups is 1. The van der Waals surface area contributed by atoms with Crippen molar-refractivity contribution in [3.05, 3.63) is 35.9 Å². The maximum Gasteiger partial charge on any atom is 0.238 e. The Labute approximate surface area is 144 Å². The molecule has 2 rings (SSSR count). The van der Waals surface area contributed by atoms with Crippen molar-refractivity contribution in [2.45, 2.75) is 39.2 Å². The van der Waals surface area contributed by atoms with E-state index in [0.29, 0.717) is 0 Å². The minimum Gasteiger partial charge on any atom is -0.354 e. The summed E-state index contributed by atoms with van der Waals surface area (Å²) in [4.78, 5) is 12.0. The number of halogens is 1. The van der Waals surface area contributed by atoms with Gasteiger partial charge in [-0.05, 0) is 30.2 Å². The number of benzene rings is 1. The van der Waals surface area contributed by atoms with Gasteiger partial charge in [0.2, 0.25) is 5.91 Å². The van der Waals surface area contributed by atoms with E-state index < -0.39 is 0 Å². The Morgan fingerprint density at radius 1 is 1.36 bits per heavy atom. The highest BCUT2D eigenvalue weighted by Crippen LogP contribution is 2.22. The van der Waals surface area contributed by atoms with E-state index in [1.807, 2.05) is 0 Å².